The Morgan fingerprint density at radius 3 is 2.53 bits per heavy atom. The molecule has 2 aliphatic heterocycles. The molecule has 10 heteroatoms. The van der Waals surface area contributed by atoms with Gasteiger partial charge in [0.2, 0.25) is 0 Å². The Labute approximate surface area is 214 Å². The molecule has 1 aromatic heterocycles. The molecule has 8 nitrogen and oxygen atoms in total. The lowest BCUT2D eigenvalue weighted by Gasteiger charge is -2.34. The van der Waals surface area contributed by atoms with E-state index >= 15 is 0 Å². The van der Waals surface area contributed by atoms with Crippen molar-refractivity contribution in [2.24, 2.45) is 0 Å². The van der Waals surface area contributed by atoms with Crippen LogP contribution in [0.3, 0.4) is 0 Å². The van der Waals surface area contributed by atoms with E-state index in [1.807, 2.05) is 39.1 Å². The van der Waals surface area contributed by atoms with Crippen molar-refractivity contribution in [2.75, 3.05) is 25.5 Å². The molecule has 0 spiro atoms. The van der Waals surface area contributed by atoms with E-state index in [0.717, 1.165) is 16.1 Å². The van der Waals surface area contributed by atoms with Crippen LogP contribution in [0, 0.1) is 5.82 Å². The van der Waals surface area contributed by atoms with Crippen LogP contribution in [0.1, 0.15) is 51.0 Å². The third-order valence-corrected chi connectivity index (χ3v) is 6.97. The zero-order valence-electron chi connectivity index (χ0n) is 21.2. The molecule has 2 amide bonds. The van der Waals surface area contributed by atoms with Crippen molar-refractivity contribution < 1.29 is 28.2 Å². The number of hydrogen-bond acceptors (Lipinski definition) is 7. The van der Waals surface area contributed by atoms with Gasteiger partial charge in [-0.05, 0) is 51.3 Å². The van der Waals surface area contributed by atoms with Crippen molar-refractivity contribution in [1.82, 2.24) is 9.80 Å². The number of anilines is 1. The number of hydrogen-bond donors (Lipinski definition) is 1. The number of nitrogens with one attached hydrogen (secondary N) is 1. The lowest BCUT2D eigenvalue weighted by Crippen LogP contribution is -2.44. The molecule has 0 atom stereocenters. The second kappa shape index (κ2) is 10.4. The summed E-state index contributed by atoms with van der Waals surface area (Å²) in [5.41, 5.74) is 2.46. The van der Waals surface area contributed by atoms with E-state index in [1.165, 1.54) is 19.2 Å². The molecule has 2 aromatic rings. The van der Waals surface area contributed by atoms with E-state index in [2.05, 4.69) is 5.32 Å². The van der Waals surface area contributed by atoms with Crippen molar-refractivity contribution in [3.8, 4) is 5.75 Å². The number of nitrogens with zero attached hydrogens (tertiary/aromatic N) is 2. The highest BCUT2D eigenvalue weighted by atomic mass is 32.1. The van der Waals surface area contributed by atoms with Crippen molar-refractivity contribution in [2.45, 2.75) is 58.8 Å². The van der Waals surface area contributed by atoms with Crippen LogP contribution in [0.15, 0.2) is 35.3 Å². The highest BCUT2D eigenvalue weighted by Gasteiger charge is 2.30. The fourth-order valence-electron chi connectivity index (χ4n) is 4.24. The topological polar surface area (TPSA) is 80.3 Å². The van der Waals surface area contributed by atoms with Gasteiger partial charge in [-0.15, -0.1) is 11.3 Å². The smallest absolute Gasteiger partial charge is 0.414 e. The van der Waals surface area contributed by atoms with Crippen LogP contribution in [0.25, 0.3) is 5.70 Å². The maximum absolute atomic E-state index is 14.2. The Morgan fingerprint density at radius 2 is 1.86 bits per heavy atom. The van der Waals surface area contributed by atoms with Crippen LogP contribution in [-0.4, -0.2) is 53.9 Å². The fourth-order valence-corrected chi connectivity index (χ4v) is 5.11. The first-order valence-corrected chi connectivity index (χ1v) is 12.8. The molecule has 1 aromatic carbocycles. The highest BCUT2D eigenvalue weighted by molar-refractivity contribution is 7.10. The molecular weight excluding hydrogens is 485 g/mol. The molecule has 0 saturated carbocycles. The number of halogens is 1. The van der Waals surface area contributed by atoms with Gasteiger partial charge in [0.05, 0.1) is 25.0 Å². The predicted molar refractivity (Wildman–Crippen MR) is 136 cm³/mol. The van der Waals surface area contributed by atoms with Crippen LogP contribution in [0.4, 0.5) is 19.7 Å². The summed E-state index contributed by atoms with van der Waals surface area (Å²) in [7, 11) is 1.35. The van der Waals surface area contributed by atoms with Crippen LogP contribution >= 0.6 is 11.3 Å². The Morgan fingerprint density at radius 1 is 1.14 bits per heavy atom. The standard InChI is InChI=1S/C26H32FN3O5S/c1-16-23(19-10-13-36-22(19)15-30(16)25(32)33-5)28-20-7-6-17(27)14-21(20)34-18-8-11-29(12-9-18)24(31)35-26(2,3)4/h6-7,10,13-14,18,28H,8-9,11-12,15H2,1-5H3. The van der Waals surface area contributed by atoms with E-state index in [0.29, 0.717) is 49.6 Å². The van der Waals surface area contributed by atoms with Gasteiger partial charge in [-0.1, -0.05) is 0 Å². The Hall–Kier alpha value is -3.27. The number of allylic oxidation sites excluding steroid dienone is 1. The maximum atomic E-state index is 14.2. The number of carbonyl (C=O) groups is 2. The van der Waals surface area contributed by atoms with E-state index in [1.54, 1.807) is 27.2 Å². The van der Waals surface area contributed by atoms with Gasteiger partial charge >= 0.3 is 12.2 Å². The number of ether oxygens (including phenoxy) is 3. The molecule has 0 unspecified atom stereocenters. The van der Waals surface area contributed by atoms with Gasteiger partial charge in [0.1, 0.15) is 23.3 Å². The van der Waals surface area contributed by atoms with Crippen LogP contribution in [0.5, 0.6) is 5.75 Å². The average molecular weight is 518 g/mol. The van der Waals surface area contributed by atoms with E-state index in [9.17, 15) is 14.0 Å². The predicted octanol–water partition coefficient (Wildman–Crippen LogP) is 6.05. The minimum absolute atomic E-state index is 0.184. The molecule has 1 fully saturated rings. The van der Waals surface area contributed by atoms with Gasteiger partial charge in [0, 0.05) is 48.1 Å². The number of rotatable bonds is 4. The molecule has 36 heavy (non-hydrogen) atoms. The minimum Gasteiger partial charge on any atom is -0.488 e. The molecular formula is C26H32FN3O5S. The maximum Gasteiger partial charge on any atom is 0.414 e. The first-order valence-electron chi connectivity index (χ1n) is 11.9. The molecule has 1 N–H and O–H groups in total. The summed E-state index contributed by atoms with van der Waals surface area (Å²) < 4.78 is 30.9. The summed E-state index contributed by atoms with van der Waals surface area (Å²) in [6, 6.07) is 6.35. The first kappa shape index (κ1) is 25.8. The van der Waals surface area contributed by atoms with Crippen molar-refractivity contribution in [3.63, 3.8) is 0 Å². The monoisotopic (exact) mass is 517 g/mol. The fraction of sp³-hybridized carbons (Fsp3) is 0.462. The zero-order valence-corrected chi connectivity index (χ0v) is 22.0. The highest BCUT2D eigenvalue weighted by Crippen LogP contribution is 2.38. The summed E-state index contributed by atoms with van der Waals surface area (Å²) in [5.74, 6) is -0.0403. The lowest BCUT2D eigenvalue weighted by molar-refractivity contribution is 0.0127. The molecule has 0 bridgehead atoms. The first-order chi connectivity index (χ1) is 17.1. The zero-order chi connectivity index (χ0) is 26.0. The number of amides is 2. The SMILES string of the molecule is COC(=O)N1Cc2sccc2C(Nc2ccc(F)cc2OC2CCN(C(=O)OC(C)(C)C)CC2)=C1C. The van der Waals surface area contributed by atoms with Crippen LogP contribution in [-0.2, 0) is 16.0 Å². The summed E-state index contributed by atoms with van der Waals surface area (Å²) in [4.78, 5) is 29.0. The number of thiophene rings is 1. The van der Waals surface area contributed by atoms with Crippen molar-refractivity contribution in [1.29, 1.82) is 0 Å². The largest absolute Gasteiger partial charge is 0.488 e. The van der Waals surface area contributed by atoms with E-state index in [4.69, 9.17) is 14.2 Å². The number of carbonyl (C=O) groups excluding carboxylic acids is 2. The van der Waals surface area contributed by atoms with Crippen molar-refractivity contribution in [3.05, 3.63) is 51.6 Å². The summed E-state index contributed by atoms with van der Waals surface area (Å²) in [6.07, 6.45) is 0.230. The molecule has 2 aliphatic rings. The van der Waals surface area contributed by atoms with Gasteiger partial charge < -0.3 is 24.4 Å². The molecule has 0 aliphatic carbocycles. The third-order valence-electron chi connectivity index (χ3n) is 6.07. The summed E-state index contributed by atoms with van der Waals surface area (Å²) in [6.45, 7) is 8.78. The minimum atomic E-state index is -0.551. The van der Waals surface area contributed by atoms with Crippen molar-refractivity contribution >= 4 is 34.9 Å². The Balaban J connectivity index is 1.51. The van der Waals surface area contributed by atoms with Gasteiger partial charge in [-0.25, -0.2) is 14.0 Å². The molecule has 4 rings (SSSR count). The number of fused-ring (bicyclic) bond motifs is 1. The normalized spacial score (nSPS) is 16.5. The van der Waals surface area contributed by atoms with Crippen LogP contribution < -0.4 is 10.1 Å². The van der Waals surface area contributed by atoms with E-state index in [-0.39, 0.29) is 12.2 Å². The molecule has 1 saturated heterocycles. The van der Waals surface area contributed by atoms with Gasteiger partial charge in [0.15, 0.2) is 0 Å². The number of piperidine rings is 1. The lowest BCUT2D eigenvalue weighted by atomic mass is 10.1. The Kier molecular flexibility index (Phi) is 7.44. The quantitative estimate of drug-likeness (QED) is 0.532. The number of benzene rings is 1. The summed E-state index contributed by atoms with van der Waals surface area (Å²) >= 11 is 1.56. The molecule has 3 heterocycles. The van der Waals surface area contributed by atoms with Gasteiger partial charge in [-0.2, -0.15) is 0 Å². The number of methoxy groups -OCH3 is 1. The van der Waals surface area contributed by atoms with Gasteiger partial charge in [-0.3, -0.25) is 4.90 Å². The molecule has 0 radical (unpaired) electrons. The number of likely N-dealkylation sites (tertiary alicyclic amines) is 1. The Bertz CT molecular complexity index is 1160. The summed E-state index contributed by atoms with van der Waals surface area (Å²) in [5, 5.41) is 5.35. The van der Waals surface area contributed by atoms with Gasteiger partial charge in [0.25, 0.3) is 0 Å². The third kappa shape index (κ3) is 5.75. The van der Waals surface area contributed by atoms with E-state index < -0.39 is 17.5 Å². The average Bonchev–Trinajstić information content (AvgIpc) is 3.29. The second-order valence-electron chi connectivity index (χ2n) is 9.82. The molecule has 194 valence electrons. The van der Waals surface area contributed by atoms with Crippen LogP contribution in [0.2, 0.25) is 0 Å². The second-order valence-corrected chi connectivity index (χ2v) is 10.8.